The van der Waals surface area contributed by atoms with E-state index < -0.39 is 18.0 Å². The molecule has 3 aromatic heterocycles. The van der Waals surface area contributed by atoms with Gasteiger partial charge in [0.05, 0.1) is 11.4 Å². The van der Waals surface area contributed by atoms with Crippen molar-refractivity contribution in [2.45, 2.75) is 25.8 Å². The van der Waals surface area contributed by atoms with Crippen LogP contribution in [0.15, 0.2) is 36.5 Å². The summed E-state index contributed by atoms with van der Waals surface area (Å²) in [6.07, 6.45) is -3.52. The minimum absolute atomic E-state index is 0.161. The van der Waals surface area contributed by atoms with E-state index in [4.69, 9.17) is 5.73 Å². The van der Waals surface area contributed by atoms with Gasteiger partial charge in [-0.1, -0.05) is 18.2 Å². The van der Waals surface area contributed by atoms with Crippen LogP contribution in [0.25, 0.3) is 21.5 Å². The van der Waals surface area contributed by atoms with Gasteiger partial charge in [0, 0.05) is 29.3 Å². The number of nitrogens with two attached hydrogens (primary N) is 1. The quantitative estimate of drug-likeness (QED) is 0.366. The van der Waals surface area contributed by atoms with Gasteiger partial charge in [0.1, 0.15) is 21.6 Å². The van der Waals surface area contributed by atoms with Crippen LogP contribution in [0.5, 0.6) is 0 Å². The van der Waals surface area contributed by atoms with Gasteiger partial charge in [-0.2, -0.15) is 18.3 Å². The van der Waals surface area contributed by atoms with Crippen LogP contribution in [-0.4, -0.2) is 21.1 Å². The number of halogens is 3. The molecule has 4 heterocycles. The minimum atomic E-state index is -4.56. The van der Waals surface area contributed by atoms with Crippen molar-refractivity contribution in [3.63, 3.8) is 0 Å². The number of alkyl halides is 3. The highest BCUT2D eigenvalue weighted by Crippen LogP contribution is 2.43. The Morgan fingerprint density at radius 1 is 1.22 bits per heavy atom. The van der Waals surface area contributed by atoms with Crippen LogP contribution in [0.2, 0.25) is 0 Å². The Kier molecular flexibility index (Phi) is 4.68. The first-order valence-electron chi connectivity index (χ1n) is 9.68. The minimum Gasteiger partial charge on any atom is -0.360 e. The molecule has 1 aliphatic rings. The molecule has 1 aliphatic heterocycles. The number of nitrogens with zero attached hydrogens (tertiary/aromatic N) is 2. The molecule has 0 fully saturated rings. The number of rotatable bonds is 3. The maximum absolute atomic E-state index is 13.2. The molecule has 164 valence electrons. The van der Waals surface area contributed by atoms with Gasteiger partial charge in [-0.05, 0) is 30.2 Å². The van der Waals surface area contributed by atoms with Gasteiger partial charge in [0.25, 0.3) is 5.91 Å². The molecule has 0 saturated heterocycles. The van der Waals surface area contributed by atoms with E-state index in [0.29, 0.717) is 39.3 Å². The Morgan fingerprint density at radius 2 is 2.03 bits per heavy atom. The Labute approximate surface area is 183 Å². The standard InChI is InChI=1S/C21H17F3N6OS/c1-9-5-13(21(22,23)24)27-20-14(9)16-17(32-20)19(31)29-18(28-16)12-8-26-30-15(12)11-4-2-3-10(6-11)7-25/h2-6,8,18,28H,7,25H2,1H3,(H,26,30)(H,29,31). The van der Waals surface area contributed by atoms with Gasteiger partial charge >= 0.3 is 6.18 Å². The van der Waals surface area contributed by atoms with Gasteiger partial charge in [-0.3, -0.25) is 9.89 Å². The lowest BCUT2D eigenvalue weighted by Crippen LogP contribution is -2.37. The predicted molar refractivity (Wildman–Crippen MR) is 115 cm³/mol. The van der Waals surface area contributed by atoms with Gasteiger partial charge in [0.15, 0.2) is 0 Å². The van der Waals surface area contributed by atoms with Crippen molar-refractivity contribution < 1.29 is 18.0 Å². The van der Waals surface area contributed by atoms with Gasteiger partial charge in [-0.15, -0.1) is 11.3 Å². The van der Waals surface area contributed by atoms with E-state index in [1.165, 1.54) is 0 Å². The highest BCUT2D eigenvalue weighted by atomic mass is 32.1. The molecule has 4 aromatic rings. The summed E-state index contributed by atoms with van der Waals surface area (Å²) >= 11 is 0.934. The molecule has 0 radical (unpaired) electrons. The first-order valence-corrected chi connectivity index (χ1v) is 10.5. The number of H-pyrrole nitrogens is 1. The smallest absolute Gasteiger partial charge is 0.360 e. The van der Waals surface area contributed by atoms with E-state index in [0.717, 1.165) is 28.5 Å². The molecule has 0 bridgehead atoms. The van der Waals surface area contributed by atoms with Crippen molar-refractivity contribution in [2.75, 3.05) is 5.32 Å². The number of amides is 1. The number of thiophene rings is 1. The molecular weight excluding hydrogens is 441 g/mol. The number of carbonyl (C=O) groups excluding carboxylic acids is 1. The molecule has 7 nitrogen and oxygen atoms in total. The van der Waals surface area contributed by atoms with E-state index in [1.54, 1.807) is 13.1 Å². The van der Waals surface area contributed by atoms with Crippen molar-refractivity contribution in [2.24, 2.45) is 5.73 Å². The number of hydrogen-bond acceptors (Lipinski definition) is 6. The summed E-state index contributed by atoms with van der Waals surface area (Å²) in [5.41, 5.74) is 8.72. The van der Waals surface area contributed by atoms with Crippen LogP contribution in [0.4, 0.5) is 18.9 Å². The molecule has 0 saturated carbocycles. The highest BCUT2D eigenvalue weighted by Gasteiger charge is 2.36. The largest absolute Gasteiger partial charge is 0.433 e. The summed E-state index contributed by atoms with van der Waals surface area (Å²) in [7, 11) is 0. The number of nitrogens with one attached hydrogen (secondary N) is 3. The number of aromatic nitrogens is 3. The molecule has 1 aromatic carbocycles. The van der Waals surface area contributed by atoms with Crippen molar-refractivity contribution in [3.05, 3.63) is 63.8 Å². The summed E-state index contributed by atoms with van der Waals surface area (Å²) < 4.78 is 39.6. The third kappa shape index (κ3) is 3.30. The average Bonchev–Trinajstić information content (AvgIpc) is 3.38. The number of anilines is 1. The summed E-state index contributed by atoms with van der Waals surface area (Å²) in [6.45, 7) is 1.96. The van der Waals surface area contributed by atoms with E-state index in [9.17, 15) is 18.0 Å². The van der Waals surface area contributed by atoms with Gasteiger partial charge < -0.3 is 16.4 Å². The number of carbonyl (C=O) groups is 1. The lowest BCUT2D eigenvalue weighted by atomic mass is 10.0. The van der Waals surface area contributed by atoms with Crippen molar-refractivity contribution >= 4 is 33.1 Å². The third-order valence-electron chi connectivity index (χ3n) is 5.34. The normalized spacial score (nSPS) is 16.0. The molecule has 11 heteroatoms. The lowest BCUT2D eigenvalue weighted by Gasteiger charge is -2.26. The van der Waals surface area contributed by atoms with E-state index >= 15 is 0 Å². The maximum atomic E-state index is 13.2. The van der Waals surface area contributed by atoms with E-state index in [-0.39, 0.29) is 10.7 Å². The summed E-state index contributed by atoms with van der Waals surface area (Å²) in [5.74, 6) is -0.387. The fourth-order valence-corrected chi connectivity index (χ4v) is 4.97. The Hall–Kier alpha value is -3.44. The SMILES string of the molecule is Cc1cc(C(F)(F)F)nc2sc3c(c12)NC(c1c[nH]nc1-c1cccc(CN)c1)NC3=O. The number of hydrogen-bond donors (Lipinski definition) is 4. The van der Waals surface area contributed by atoms with Crippen LogP contribution in [0.1, 0.15) is 38.2 Å². The maximum Gasteiger partial charge on any atom is 0.433 e. The zero-order valence-corrected chi connectivity index (χ0v) is 17.5. The van der Waals surface area contributed by atoms with Crippen LogP contribution in [0, 0.1) is 6.92 Å². The predicted octanol–water partition coefficient (Wildman–Crippen LogP) is 4.33. The van der Waals surface area contributed by atoms with Crippen molar-refractivity contribution in [1.82, 2.24) is 20.5 Å². The fraction of sp³-hybridized carbons (Fsp3) is 0.190. The van der Waals surface area contributed by atoms with Gasteiger partial charge in [0.2, 0.25) is 0 Å². The monoisotopic (exact) mass is 458 g/mol. The van der Waals surface area contributed by atoms with Crippen LogP contribution in [0.3, 0.4) is 0 Å². The van der Waals surface area contributed by atoms with Crippen LogP contribution in [-0.2, 0) is 12.7 Å². The number of pyridine rings is 1. The highest BCUT2D eigenvalue weighted by molar-refractivity contribution is 7.21. The Morgan fingerprint density at radius 3 is 2.78 bits per heavy atom. The average molecular weight is 458 g/mol. The fourth-order valence-electron chi connectivity index (χ4n) is 3.85. The molecule has 5 N–H and O–H groups in total. The third-order valence-corrected chi connectivity index (χ3v) is 6.42. The lowest BCUT2D eigenvalue weighted by molar-refractivity contribution is -0.141. The number of aromatic amines is 1. The zero-order chi connectivity index (χ0) is 22.6. The number of fused-ring (bicyclic) bond motifs is 3. The molecule has 0 aliphatic carbocycles. The summed E-state index contributed by atoms with van der Waals surface area (Å²) in [5, 5.41) is 13.8. The molecule has 1 atom stereocenters. The molecule has 1 unspecified atom stereocenters. The second-order valence-electron chi connectivity index (χ2n) is 7.45. The molecule has 0 spiro atoms. The first kappa shape index (κ1) is 20.5. The molecule has 5 rings (SSSR count). The van der Waals surface area contributed by atoms with Crippen molar-refractivity contribution in [3.8, 4) is 11.3 Å². The molecule has 1 amide bonds. The second-order valence-corrected chi connectivity index (χ2v) is 8.45. The second kappa shape index (κ2) is 7.31. The van der Waals surface area contributed by atoms with Crippen LogP contribution >= 0.6 is 11.3 Å². The van der Waals surface area contributed by atoms with E-state index in [1.807, 2.05) is 24.3 Å². The molecule has 32 heavy (non-hydrogen) atoms. The Balaban J connectivity index is 1.58. The number of benzene rings is 1. The molecular formula is C21H17F3N6OS. The number of aryl methyl sites for hydroxylation is 1. The summed E-state index contributed by atoms with van der Waals surface area (Å²) in [6, 6.07) is 8.59. The van der Waals surface area contributed by atoms with Gasteiger partial charge in [-0.25, -0.2) is 4.98 Å². The topological polar surface area (TPSA) is 109 Å². The zero-order valence-electron chi connectivity index (χ0n) is 16.7. The first-order chi connectivity index (χ1) is 15.3. The van der Waals surface area contributed by atoms with E-state index in [2.05, 4.69) is 25.8 Å². The van der Waals surface area contributed by atoms with Crippen LogP contribution < -0.4 is 16.4 Å². The Bertz CT molecular complexity index is 1360. The van der Waals surface area contributed by atoms with Crippen molar-refractivity contribution in [1.29, 1.82) is 0 Å². The summed E-state index contributed by atoms with van der Waals surface area (Å²) in [4.78, 5) is 17.1.